The normalized spacial score (nSPS) is 17.2. The van der Waals surface area contributed by atoms with Crippen LogP contribution in [0.3, 0.4) is 0 Å². The van der Waals surface area contributed by atoms with E-state index in [9.17, 15) is 14.4 Å². The summed E-state index contributed by atoms with van der Waals surface area (Å²) in [6.45, 7) is 4.43. The number of benzene rings is 2. The molecule has 1 amide bonds. The molecule has 0 saturated heterocycles. The molecule has 1 aliphatic carbocycles. The number of nitrogens with zero attached hydrogens (tertiary/aromatic N) is 3. The molecule has 4 aromatic rings. The van der Waals surface area contributed by atoms with Gasteiger partial charge in [-0.25, -0.2) is 9.59 Å². The van der Waals surface area contributed by atoms with Gasteiger partial charge in [0.1, 0.15) is 0 Å². The zero-order valence-electron chi connectivity index (χ0n) is 22.0. The zero-order valence-corrected chi connectivity index (χ0v) is 22.8. The van der Waals surface area contributed by atoms with E-state index in [-0.39, 0.29) is 24.2 Å². The maximum atomic E-state index is 13.7. The molecule has 0 unspecified atom stereocenters. The molecular weight excluding hydrogens is 516 g/mol. The fraction of sp³-hybridized carbons (Fsp3) is 0.333. The van der Waals surface area contributed by atoms with E-state index in [4.69, 9.17) is 16.3 Å². The van der Waals surface area contributed by atoms with Crippen LogP contribution in [0, 0.1) is 12.8 Å². The van der Waals surface area contributed by atoms with Gasteiger partial charge in [0.25, 0.3) is 5.91 Å². The summed E-state index contributed by atoms with van der Waals surface area (Å²) in [6.07, 6.45) is 4.98. The topological polar surface area (TPSA) is 95.2 Å². The highest BCUT2D eigenvalue weighted by molar-refractivity contribution is 6.30. The van der Waals surface area contributed by atoms with Gasteiger partial charge in [0.15, 0.2) is 0 Å². The van der Waals surface area contributed by atoms with E-state index >= 15 is 0 Å². The van der Waals surface area contributed by atoms with E-state index in [0.717, 1.165) is 36.7 Å². The molecule has 1 N–H and O–H groups in total. The summed E-state index contributed by atoms with van der Waals surface area (Å²) in [4.78, 5) is 43.0. The van der Waals surface area contributed by atoms with Crippen LogP contribution in [0.2, 0.25) is 5.02 Å². The first-order valence-electron chi connectivity index (χ1n) is 13.3. The number of fused-ring (bicyclic) bond motifs is 1. The van der Waals surface area contributed by atoms with Crippen LogP contribution in [0.4, 0.5) is 0 Å². The number of pyridine rings is 1. The van der Waals surface area contributed by atoms with Gasteiger partial charge < -0.3 is 10.1 Å². The first-order valence-corrected chi connectivity index (χ1v) is 13.6. The Morgan fingerprint density at radius 1 is 1.05 bits per heavy atom. The van der Waals surface area contributed by atoms with Crippen molar-refractivity contribution in [1.29, 1.82) is 0 Å². The van der Waals surface area contributed by atoms with Gasteiger partial charge in [-0.2, -0.15) is 0 Å². The van der Waals surface area contributed by atoms with Crippen LogP contribution in [0.1, 0.15) is 59.0 Å². The van der Waals surface area contributed by atoms with Crippen molar-refractivity contribution in [2.24, 2.45) is 5.92 Å². The number of halogens is 1. The smallest absolute Gasteiger partial charge is 0.338 e. The average molecular weight is 547 g/mol. The molecule has 8 nitrogen and oxygen atoms in total. The van der Waals surface area contributed by atoms with Gasteiger partial charge in [-0.3, -0.25) is 18.9 Å². The van der Waals surface area contributed by atoms with Crippen molar-refractivity contribution in [3.8, 4) is 5.69 Å². The van der Waals surface area contributed by atoms with E-state index in [1.165, 1.54) is 6.20 Å². The molecule has 0 spiro atoms. The van der Waals surface area contributed by atoms with E-state index in [1.54, 1.807) is 42.7 Å². The highest BCUT2D eigenvalue weighted by Gasteiger charge is 2.26. The fourth-order valence-corrected chi connectivity index (χ4v) is 5.53. The number of nitrogens with one attached hydrogen (secondary N) is 1. The lowest BCUT2D eigenvalue weighted by Crippen LogP contribution is -2.39. The van der Waals surface area contributed by atoms with E-state index in [2.05, 4.69) is 10.3 Å². The van der Waals surface area contributed by atoms with Crippen LogP contribution in [-0.2, 0) is 11.3 Å². The van der Waals surface area contributed by atoms with Crippen molar-refractivity contribution >= 4 is 34.5 Å². The minimum atomic E-state index is -0.415. The summed E-state index contributed by atoms with van der Waals surface area (Å²) in [5.74, 6) is -0.271. The van der Waals surface area contributed by atoms with E-state index in [1.807, 2.05) is 34.9 Å². The molecule has 202 valence electrons. The van der Waals surface area contributed by atoms with Crippen LogP contribution in [0.5, 0.6) is 0 Å². The number of hydrogen-bond donors (Lipinski definition) is 1. The van der Waals surface area contributed by atoms with Crippen LogP contribution >= 0.6 is 11.6 Å². The molecule has 0 atom stereocenters. The Bertz CT molecular complexity index is 1580. The largest absolute Gasteiger partial charge is 0.462 e. The second-order valence-electron chi connectivity index (χ2n) is 9.97. The van der Waals surface area contributed by atoms with Crippen LogP contribution < -0.4 is 11.0 Å². The van der Waals surface area contributed by atoms with Crippen molar-refractivity contribution in [1.82, 2.24) is 19.4 Å². The number of esters is 1. The van der Waals surface area contributed by atoms with Crippen LogP contribution in [0.15, 0.2) is 65.6 Å². The van der Waals surface area contributed by atoms with Crippen molar-refractivity contribution < 1.29 is 14.3 Å². The number of hydrogen-bond acceptors (Lipinski definition) is 5. The van der Waals surface area contributed by atoms with Gasteiger partial charge >= 0.3 is 11.7 Å². The second kappa shape index (κ2) is 11.5. The molecule has 2 aromatic carbocycles. The number of rotatable bonds is 7. The van der Waals surface area contributed by atoms with Gasteiger partial charge in [-0.1, -0.05) is 29.8 Å². The third-order valence-electron chi connectivity index (χ3n) is 7.37. The molecule has 1 fully saturated rings. The fourth-order valence-electron chi connectivity index (χ4n) is 5.37. The highest BCUT2D eigenvalue weighted by Crippen LogP contribution is 2.28. The predicted octanol–water partition coefficient (Wildman–Crippen LogP) is 5.31. The maximum absolute atomic E-state index is 13.7. The lowest BCUT2D eigenvalue weighted by atomic mass is 9.85. The average Bonchev–Trinajstić information content (AvgIpc) is 3.22. The first-order chi connectivity index (χ1) is 18.9. The van der Waals surface area contributed by atoms with Crippen LogP contribution in [0.25, 0.3) is 16.7 Å². The number of para-hydroxylation sites is 2. The lowest BCUT2D eigenvalue weighted by molar-refractivity contribution is 0.0526. The van der Waals surface area contributed by atoms with Gasteiger partial charge in [0, 0.05) is 18.8 Å². The molecule has 39 heavy (non-hydrogen) atoms. The number of carbonyl (C=O) groups is 2. The quantitative estimate of drug-likeness (QED) is 0.317. The number of aryl methyl sites for hydroxylation is 1. The Morgan fingerprint density at radius 2 is 1.79 bits per heavy atom. The Balaban J connectivity index is 1.33. The number of carbonyl (C=O) groups excluding carboxylic acids is 2. The van der Waals surface area contributed by atoms with Gasteiger partial charge in [0.2, 0.25) is 0 Å². The summed E-state index contributed by atoms with van der Waals surface area (Å²) in [5.41, 5.74) is 3.67. The lowest BCUT2D eigenvalue weighted by Gasteiger charge is -2.29. The van der Waals surface area contributed by atoms with Crippen molar-refractivity contribution in [2.45, 2.75) is 52.1 Å². The molecule has 9 heteroatoms. The van der Waals surface area contributed by atoms with E-state index in [0.29, 0.717) is 40.0 Å². The Morgan fingerprint density at radius 3 is 2.54 bits per heavy atom. The summed E-state index contributed by atoms with van der Waals surface area (Å²) in [5, 5.41) is 3.57. The highest BCUT2D eigenvalue weighted by atomic mass is 35.5. The molecule has 2 heterocycles. The molecule has 1 saturated carbocycles. The van der Waals surface area contributed by atoms with Gasteiger partial charge in [-0.05, 0) is 81.8 Å². The minimum absolute atomic E-state index is 0.0656. The summed E-state index contributed by atoms with van der Waals surface area (Å²) >= 11 is 6.04. The Kier molecular flexibility index (Phi) is 7.84. The third-order valence-corrected chi connectivity index (χ3v) is 7.58. The summed E-state index contributed by atoms with van der Waals surface area (Å²) in [6, 6.07) is 16.4. The van der Waals surface area contributed by atoms with Crippen molar-refractivity contribution in [3.63, 3.8) is 0 Å². The standard InChI is InChI=1S/C30H31ClN4O4/c1-3-39-29(37)21-7-6-8-24(15-21)35-27-10-5-4-9-26(27)34(30(35)38)18-20-11-13-23(14-12-20)33-28(36)25-16-22(31)17-32-19(25)2/h4-10,15-17,20,23H,3,11-14,18H2,1-2H3,(H,33,36). The zero-order chi connectivity index (χ0) is 27.5. The van der Waals surface area contributed by atoms with E-state index < -0.39 is 5.97 Å². The molecule has 5 rings (SSSR count). The molecular formula is C30H31ClN4O4. The summed E-state index contributed by atoms with van der Waals surface area (Å²) < 4.78 is 8.63. The van der Waals surface area contributed by atoms with Crippen LogP contribution in [-0.4, -0.2) is 38.6 Å². The number of ether oxygens (including phenoxy) is 1. The SMILES string of the molecule is CCOC(=O)c1cccc(-n2c(=O)n(CC3CCC(NC(=O)c4cc(Cl)cnc4C)CC3)c3ccccc32)c1. The Labute approximate surface area is 231 Å². The van der Waals surface area contributed by atoms with Crippen molar-refractivity contribution in [3.05, 3.63) is 93.1 Å². The Hall–Kier alpha value is -3.91. The second-order valence-corrected chi connectivity index (χ2v) is 10.4. The number of amides is 1. The maximum Gasteiger partial charge on any atom is 0.338 e. The molecule has 0 bridgehead atoms. The monoisotopic (exact) mass is 546 g/mol. The third kappa shape index (κ3) is 5.61. The minimum Gasteiger partial charge on any atom is -0.462 e. The first kappa shape index (κ1) is 26.7. The number of aromatic nitrogens is 3. The summed E-state index contributed by atoms with van der Waals surface area (Å²) in [7, 11) is 0. The molecule has 0 radical (unpaired) electrons. The molecule has 1 aliphatic rings. The van der Waals surface area contributed by atoms with Gasteiger partial charge in [0.05, 0.1) is 45.2 Å². The molecule has 2 aromatic heterocycles. The number of imidazole rings is 1. The van der Waals surface area contributed by atoms with Crippen molar-refractivity contribution in [2.75, 3.05) is 6.61 Å². The molecule has 0 aliphatic heterocycles. The van der Waals surface area contributed by atoms with Gasteiger partial charge in [-0.15, -0.1) is 0 Å². The predicted molar refractivity (Wildman–Crippen MR) is 151 cm³/mol.